The summed E-state index contributed by atoms with van der Waals surface area (Å²) < 4.78 is 0. The second kappa shape index (κ2) is 8.87. The van der Waals surface area contributed by atoms with Crippen molar-refractivity contribution >= 4 is 17.6 Å². The minimum absolute atomic E-state index is 0.0131. The molecule has 7 heteroatoms. The molecule has 0 aromatic heterocycles. The third kappa shape index (κ3) is 5.32. The van der Waals surface area contributed by atoms with Gasteiger partial charge in [0.1, 0.15) is 0 Å². The maximum absolute atomic E-state index is 12.5. The van der Waals surface area contributed by atoms with Crippen molar-refractivity contribution in [2.75, 3.05) is 25.0 Å². The number of anilines is 1. The number of nitrogens with zero attached hydrogens (tertiary/aromatic N) is 3. The van der Waals surface area contributed by atoms with Crippen LogP contribution in [0.2, 0.25) is 0 Å². The molecule has 2 aliphatic heterocycles. The number of benzene rings is 1. The Labute approximate surface area is 166 Å². The largest absolute Gasteiger partial charge is 0.356 e. The van der Waals surface area contributed by atoms with Crippen LogP contribution in [0.1, 0.15) is 37.7 Å². The van der Waals surface area contributed by atoms with Crippen molar-refractivity contribution in [2.24, 2.45) is 16.1 Å². The van der Waals surface area contributed by atoms with E-state index in [0.29, 0.717) is 32.5 Å². The van der Waals surface area contributed by atoms with Gasteiger partial charge in [-0.15, -0.1) is 12.3 Å². The van der Waals surface area contributed by atoms with Gasteiger partial charge in [0.25, 0.3) is 0 Å². The number of amides is 3. The number of rotatable bonds is 7. The molecule has 28 heavy (non-hydrogen) atoms. The second-order valence-corrected chi connectivity index (χ2v) is 7.51. The van der Waals surface area contributed by atoms with Crippen molar-refractivity contribution in [3.63, 3.8) is 0 Å². The van der Waals surface area contributed by atoms with Crippen molar-refractivity contribution in [3.05, 3.63) is 29.8 Å². The molecule has 0 saturated carbocycles. The van der Waals surface area contributed by atoms with Gasteiger partial charge in [-0.3, -0.25) is 4.79 Å². The summed E-state index contributed by atoms with van der Waals surface area (Å²) in [6.07, 6.45) is 8.93. The first kappa shape index (κ1) is 19.9. The van der Waals surface area contributed by atoms with Crippen LogP contribution < -0.4 is 10.6 Å². The highest BCUT2D eigenvalue weighted by Gasteiger charge is 2.39. The van der Waals surface area contributed by atoms with E-state index in [1.165, 1.54) is 0 Å². The Morgan fingerprint density at radius 3 is 2.89 bits per heavy atom. The number of nitrogens with one attached hydrogen (secondary N) is 2. The highest BCUT2D eigenvalue weighted by Crippen LogP contribution is 2.36. The Morgan fingerprint density at radius 1 is 1.36 bits per heavy atom. The molecule has 0 radical (unpaired) electrons. The summed E-state index contributed by atoms with van der Waals surface area (Å²) in [6.45, 7) is 3.59. The molecule has 2 heterocycles. The number of hydrogen-bond acceptors (Lipinski definition) is 4. The number of piperidine rings is 1. The molecule has 3 amide bonds. The van der Waals surface area contributed by atoms with Crippen LogP contribution in [0.5, 0.6) is 0 Å². The van der Waals surface area contributed by atoms with Crippen molar-refractivity contribution in [1.29, 1.82) is 0 Å². The molecular weight excluding hydrogens is 354 g/mol. The molecule has 0 aliphatic carbocycles. The van der Waals surface area contributed by atoms with Crippen molar-refractivity contribution in [1.82, 2.24) is 10.2 Å². The number of carbonyl (C=O) groups is 2. The molecule has 1 fully saturated rings. The zero-order valence-electron chi connectivity index (χ0n) is 16.3. The van der Waals surface area contributed by atoms with Gasteiger partial charge >= 0.3 is 6.03 Å². The fraction of sp³-hybridized carbons (Fsp3) is 0.524. The summed E-state index contributed by atoms with van der Waals surface area (Å²) in [5.41, 5.74) is 1.47. The predicted molar refractivity (Wildman–Crippen MR) is 108 cm³/mol. The quantitative estimate of drug-likeness (QED) is 0.710. The smallest absolute Gasteiger partial charge is 0.321 e. The van der Waals surface area contributed by atoms with Crippen LogP contribution in [0, 0.1) is 25.2 Å². The maximum Gasteiger partial charge on any atom is 0.321 e. The van der Waals surface area contributed by atoms with E-state index in [1.54, 1.807) is 4.90 Å². The highest BCUT2D eigenvalue weighted by molar-refractivity contribution is 5.90. The van der Waals surface area contributed by atoms with E-state index in [2.05, 4.69) is 26.8 Å². The van der Waals surface area contributed by atoms with Crippen LogP contribution >= 0.6 is 0 Å². The fourth-order valence-corrected chi connectivity index (χ4v) is 3.50. The molecule has 1 unspecified atom stereocenters. The second-order valence-electron chi connectivity index (χ2n) is 7.51. The topological polar surface area (TPSA) is 86.2 Å². The van der Waals surface area contributed by atoms with E-state index in [1.807, 2.05) is 31.2 Å². The monoisotopic (exact) mass is 381 g/mol. The summed E-state index contributed by atoms with van der Waals surface area (Å²) in [5.74, 6) is 2.40. The van der Waals surface area contributed by atoms with Gasteiger partial charge in [-0.2, -0.15) is 10.2 Å². The summed E-state index contributed by atoms with van der Waals surface area (Å²) in [4.78, 5) is 26.8. The molecule has 2 N–H and O–H groups in total. The van der Waals surface area contributed by atoms with Crippen LogP contribution in [0.4, 0.5) is 10.5 Å². The van der Waals surface area contributed by atoms with Gasteiger partial charge in [-0.05, 0) is 37.5 Å². The molecule has 7 nitrogen and oxygen atoms in total. The average Bonchev–Trinajstić information content (AvgIpc) is 3.46. The number of urea groups is 1. The van der Waals surface area contributed by atoms with Crippen molar-refractivity contribution in [3.8, 4) is 12.3 Å². The molecule has 3 rings (SSSR count). The number of likely N-dealkylation sites (tertiary alicyclic amines) is 1. The standard InChI is InChI=1S/C21H27N5O2/c1-3-4-10-21(24-25-21)11-12-22-19(27)17-8-6-13-26(15-17)20(28)23-18-9-5-7-16(2)14-18/h1,5,7,9,14,17H,4,6,8,10-13,15H2,2H3,(H,22,27)(H,23,28). The first-order valence-electron chi connectivity index (χ1n) is 9.79. The third-order valence-corrected chi connectivity index (χ3v) is 5.23. The lowest BCUT2D eigenvalue weighted by atomic mass is 9.97. The predicted octanol–water partition coefficient (Wildman–Crippen LogP) is 3.32. The lowest BCUT2D eigenvalue weighted by Gasteiger charge is -2.32. The van der Waals surface area contributed by atoms with E-state index in [4.69, 9.17) is 6.42 Å². The summed E-state index contributed by atoms with van der Waals surface area (Å²) in [6, 6.07) is 7.52. The van der Waals surface area contributed by atoms with Gasteiger partial charge < -0.3 is 15.5 Å². The normalized spacial score (nSPS) is 19.6. The minimum atomic E-state index is -0.383. The summed E-state index contributed by atoms with van der Waals surface area (Å²) >= 11 is 0. The third-order valence-electron chi connectivity index (χ3n) is 5.23. The number of hydrogen-bond donors (Lipinski definition) is 2. The van der Waals surface area contributed by atoms with Gasteiger partial charge in [0.15, 0.2) is 5.66 Å². The molecule has 1 atom stereocenters. The van der Waals surface area contributed by atoms with E-state index >= 15 is 0 Å². The lowest BCUT2D eigenvalue weighted by molar-refractivity contribution is -0.126. The molecule has 1 aromatic carbocycles. The van der Waals surface area contributed by atoms with Gasteiger partial charge in [0.05, 0.1) is 5.92 Å². The summed E-state index contributed by atoms with van der Waals surface area (Å²) in [5, 5.41) is 14.0. The molecule has 148 valence electrons. The van der Waals surface area contributed by atoms with Crippen molar-refractivity contribution < 1.29 is 9.59 Å². The first-order valence-corrected chi connectivity index (χ1v) is 9.79. The Morgan fingerprint density at radius 2 is 2.18 bits per heavy atom. The molecule has 1 saturated heterocycles. The minimum Gasteiger partial charge on any atom is -0.356 e. The molecular formula is C21H27N5O2. The van der Waals surface area contributed by atoms with E-state index < -0.39 is 0 Å². The fourth-order valence-electron chi connectivity index (χ4n) is 3.50. The average molecular weight is 381 g/mol. The van der Waals surface area contributed by atoms with Crippen LogP contribution in [0.15, 0.2) is 34.5 Å². The summed E-state index contributed by atoms with van der Waals surface area (Å²) in [7, 11) is 0. The van der Waals surface area contributed by atoms with Gasteiger partial charge in [-0.1, -0.05) is 12.1 Å². The van der Waals surface area contributed by atoms with E-state index in [9.17, 15) is 9.59 Å². The molecule has 0 spiro atoms. The van der Waals surface area contributed by atoms with Crippen LogP contribution in [0.3, 0.4) is 0 Å². The number of carbonyl (C=O) groups excluding carboxylic acids is 2. The zero-order valence-corrected chi connectivity index (χ0v) is 16.3. The van der Waals surface area contributed by atoms with E-state index in [0.717, 1.165) is 30.5 Å². The Balaban J connectivity index is 1.44. The van der Waals surface area contributed by atoms with Crippen molar-refractivity contribution in [2.45, 2.75) is 44.7 Å². The number of aryl methyl sites for hydroxylation is 1. The SMILES string of the molecule is C#CCCC1(CCNC(=O)C2CCCN(C(=O)Nc3cccc(C)c3)C2)N=N1. The van der Waals surface area contributed by atoms with Crippen LogP contribution in [-0.4, -0.2) is 42.1 Å². The number of terminal acetylenes is 1. The van der Waals surface area contributed by atoms with Crippen LogP contribution in [-0.2, 0) is 4.79 Å². The van der Waals surface area contributed by atoms with Crippen LogP contribution in [0.25, 0.3) is 0 Å². The zero-order chi connectivity index (χ0) is 20.0. The Hall–Kier alpha value is -2.88. The molecule has 0 bridgehead atoms. The first-order chi connectivity index (χ1) is 13.5. The van der Waals surface area contributed by atoms with Gasteiger partial charge in [0.2, 0.25) is 5.91 Å². The lowest BCUT2D eigenvalue weighted by Crippen LogP contribution is -2.47. The van der Waals surface area contributed by atoms with E-state index in [-0.39, 0.29) is 23.5 Å². The van der Waals surface area contributed by atoms with Gasteiger partial charge in [0, 0.05) is 44.6 Å². The molecule has 2 aliphatic rings. The molecule has 1 aromatic rings. The highest BCUT2D eigenvalue weighted by atomic mass is 16.2. The van der Waals surface area contributed by atoms with Gasteiger partial charge in [-0.25, -0.2) is 4.79 Å². The Kier molecular flexibility index (Phi) is 6.30. The maximum atomic E-state index is 12.5. The Bertz CT molecular complexity index is 792.